The molecular formula is C19H16BrN3O2. The first-order valence-electron chi connectivity index (χ1n) is 7.84. The van der Waals surface area contributed by atoms with Crippen molar-refractivity contribution in [2.75, 3.05) is 10.6 Å². The molecule has 0 atom stereocenters. The van der Waals surface area contributed by atoms with Gasteiger partial charge in [0.25, 0.3) is 0 Å². The van der Waals surface area contributed by atoms with Gasteiger partial charge in [0.1, 0.15) is 5.41 Å². The molecule has 2 N–H and O–H groups in total. The maximum Gasteiger partial charge on any atom is 0.240 e. The second-order valence-corrected chi connectivity index (χ2v) is 7.00. The van der Waals surface area contributed by atoms with Crippen molar-refractivity contribution in [3.05, 3.63) is 58.1 Å². The molecule has 0 radical (unpaired) electrons. The molecule has 2 aromatic carbocycles. The Kier molecular flexibility index (Phi) is 4.60. The van der Waals surface area contributed by atoms with Crippen LogP contribution in [0.25, 0.3) is 0 Å². The monoisotopic (exact) mass is 397 g/mol. The van der Waals surface area contributed by atoms with Gasteiger partial charge in [0.15, 0.2) is 0 Å². The normalized spacial score (nSPS) is 14.3. The number of nitrogens with one attached hydrogen (secondary N) is 2. The van der Waals surface area contributed by atoms with E-state index >= 15 is 0 Å². The van der Waals surface area contributed by atoms with Crippen LogP contribution < -0.4 is 10.6 Å². The van der Waals surface area contributed by atoms with Gasteiger partial charge in [0.2, 0.25) is 11.8 Å². The molecule has 126 valence electrons. The number of rotatable bonds is 4. The second-order valence-electron chi connectivity index (χ2n) is 6.14. The van der Waals surface area contributed by atoms with E-state index < -0.39 is 5.41 Å². The number of benzene rings is 2. The molecule has 0 aromatic heterocycles. The highest BCUT2D eigenvalue weighted by Gasteiger charge is 2.56. The lowest BCUT2D eigenvalue weighted by molar-refractivity contribution is -0.131. The van der Waals surface area contributed by atoms with Crippen molar-refractivity contribution in [2.45, 2.75) is 19.8 Å². The minimum Gasteiger partial charge on any atom is -0.325 e. The lowest BCUT2D eigenvalue weighted by atomic mass is 10.0. The SMILES string of the molecule is Cc1ccc(NC(=O)C2(C(=O)Nc3ccc(C#N)cc3)CC2)cc1Br. The van der Waals surface area contributed by atoms with Gasteiger partial charge in [-0.1, -0.05) is 22.0 Å². The van der Waals surface area contributed by atoms with Crippen molar-refractivity contribution < 1.29 is 9.59 Å². The molecule has 1 aliphatic carbocycles. The van der Waals surface area contributed by atoms with Gasteiger partial charge < -0.3 is 10.6 Å². The second kappa shape index (κ2) is 6.69. The van der Waals surface area contributed by atoms with Crippen molar-refractivity contribution in [2.24, 2.45) is 5.41 Å². The van der Waals surface area contributed by atoms with Crippen LogP contribution in [0, 0.1) is 23.7 Å². The first-order valence-corrected chi connectivity index (χ1v) is 8.63. The minimum absolute atomic E-state index is 0.297. The number of anilines is 2. The highest BCUT2D eigenvalue weighted by atomic mass is 79.9. The van der Waals surface area contributed by atoms with Gasteiger partial charge in [-0.2, -0.15) is 5.26 Å². The summed E-state index contributed by atoms with van der Waals surface area (Å²) in [5.41, 5.74) is 1.78. The summed E-state index contributed by atoms with van der Waals surface area (Å²) in [6.45, 7) is 1.96. The molecule has 6 heteroatoms. The average Bonchev–Trinajstić information content (AvgIpc) is 3.41. The van der Waals surface area contributed by atoms with E-state index in [0.29, 0.717) is 29.8 Å². The molecule has 1 aliphatic rings. The fourth-order valence-electron chi connectivity index (χ4n) is 2.48. The summed E-state index contributed by atoms with van der Waals surface area (Å²) in [4.78, 5) is 25.2. The fourth-order valence-corrected chi connectivity index (χ4v) is 2.86. The van der Waals surface area contributed by atoms with E-state index in [4.69, 9.17) is 5.26 Å². The maximum atomic E-state index is 12.6. The molecule has 0 bridgehead atoms. The Hall–Kier alpha value is -2.65. The first kappa shape index (κ1) is 17.2. The molecule has 3 rings (SSSR count). The van der Waals surface area contributed by atoms with Gasteiger partial charge >= 0.3 is 0 Å². The van der Waals surface area contributed by atoms with E-state index in [1.54, 1.807) is 24.3 Å². The molecular weight excluding hydrogens is 382 g/mol. The number of hydrogen-bond acceptors (Lipinski definition) is 3. The zero-order valence-corrected chi connectivity index (χ0v) is 15.2. The molecule has 0 saturated heterocycles. The van der Waals surface area contributed by atoms with Crippen LogP contribution in [0.3, 0.4) is 0 Å². The standard InChI is InChI=1S/C19H16BrN3O2/c1-12-2-5-15(10-16(12)20)23-18(25)19(8-9-19)17(24)22-14-6-3-13(11-21)4-7-14/h2-7,10H,8-9H2,1H3,(H,22,24)(H,23,25). The van der Waals surface area contributed by atoms with E-state index in [0.717, 1.165) is 10.0 Å². The Morgan fingerprint density at radius 1 is 1.04 bits per heavy atom. The van der Waals surface area contributed by atoms with E-state index in [9.17, 15) is 9.59 Å². The smallest absolute Gasteiger partial charge is 0.240 e. The third kappa shape index (κ3) is 3.57. The number of aryl methyl sites for hydroxylation is 1. The van der Waals surface area contributed by atoms with Crippen LogP contribution in [0.15, 0.2) is 46.9 Å². The lowest BCUT2D eigenvalue weighted by Gasteiger charge is -2.16. The predicted octanol–water partition coefficient (Wildman–Crippen LogP) is 3.99. The molecule has 1 fully saturated rings. The van der Waals surface area contributed by atoms with Crippen LogP contribution in [-0.2, 0) is 9.59 Å². The largest absolute Gasteiger partial charge is 0.325 e. The van der Waals surface area contributed by atoms with Gasteiger partial charge in [-0.3, -0.25) is 9.59 Å². The molecule has 1 saturated carbocycles. The molecule has 0 unspecified atom stereocenters. The minimum atomic E-state index is -1.02. The summed E-state index contributed by atoms with van der Waals surface area (Å²) >= 11 is 3.43. The van der Waals surface area contributed by atoms with Crippen LogP contribution in [0.2, 0.25) is 0 Å². The molecule has 2 amide bonds. The molecule has 5 nitrogen and oxygen atoms in total. The number of nitriles is 1. The molecule has 0 spiro atoms. The molecule has 0 heterocycles. The van der Waals surface area contributed by atoms with Crippen molar-refractivity contribution in [3.63, 3.8) is 0 Å². The van der Waals surface area contributed by atoms with E-state index in [-0.39, 0.29) is 11.8 Å². The van der Waals surface area contributed by atoms with E-state index in [2.05, 4.69) is 26.6 Å². The summed E-state index contributed by atoms with van der Waals surface area (Å²) in [7, 11) is 0. The summed E-state index contributed by atoms with van der Waals surface area (Å²) < 4.78 is 0.900. The third-order valence-electron chi connectivity index (χ3n) is 4.32. The maximum absolute atomic E-state index is 12.6. The number of amides is 2. The van der Waals surface area contributed by atoms with Crippen LogP contribution in [0.1, 0.15) is 24.0 Å². The Labute approximate surface area is 154 Å². The molecule has 0 aliphatic heterocycles. The Morgan fingerprint density at radius 3 is 2.12 bits per heavy atom. The summed E-state index contributed by atoms with van der Waals surface area (Å²) in [6.07, 6.45) is 1.04. The van der Waals surface area contributed by atoms with Crippen LogP contribution in [-0.4, -0.2) is 11.8 Å². The van der Waals surface area contributed by atoms with E-state index in [1.807, 2.05) is 31.2 Å². The topological polar surface area (TPSA) is 82.0 Å². The molecule has 25 heavy (non-hydrogen) atoms. The van der Waals surface area contributed by atoms with Gasteiger partial charge in [-0.25, -0.2) is 0 Å². The van der Waals surface area contributed by atoms with Gasteiger partial charge in [0, 0.05) is 15.8 Å². The lowest BCUT2D eigenvalue weighted by Crippen LogP contribution is -2.35. The van der Waals surface area contributed by atoms with E-state index in [1.165, 1.54) is 0 Å². The zero-order valence-electron chi connectivity index (χ0n) is 13.6. The highest BCUT2D eigenvalue weighted by Crippen LogP contribution is 2.47. The average molecular weight is 398 g/mol. The molecule has 2 aromatic rings. The summed E-state index contributed by atoms with van der Waals surface area (Å²) in [5.74, 6) is -0.615. The summed E-state index contributed by atoms with van der Waals surface area (Å²) in [6, 6.07) is 14.1. The van der Waals surface area contributed by atoms with Gasteiger partial charge in [0.05, 0.1) is 11.6 Å². The Bertz CT molecular complexity index is 881. The predicted molar refractivity (Wildman–Crippen MR) is 99.0 cm³/mol. The number of carbonyl (C=O) groups excluding carboxylic acids is 2. The highest BCUT2D eigenvalue weighted by molar-refractivity contribution is 9.10. The number of carbonyl (C=O) groups is 2. The third-order valence-corrected chi connectivity index (χ3v) is 5.18. The quantitative estimate of drug-likeness (QED) is 0.765. The Balaban J connectivity index is 1.69. The first-order chi connectivity index (χ1) is 11.9. The van der Waals surface area contributed by atoms with Gasteiger partial charge in [-0.05, 0) is 61.7 Å². The Morgan fingerprint density at radius 2 is 1.60 bits per heavy atom. The van der Waals surface area contributed by atoms with Gasteiger partial charge in [-0.15, -0.1) is 0 Å². The fraction of sp³-hybridized carbons (Fsp3) is 0.211. The van der Waals surface area contributed by atoms with Crippen molar-refractivity contribution >= 4 is 39.1 Å². The van der Waals surface area contributed by atoms with Crippen LogP contribution in [0.5, 0.6) is 0 Å². The number of nitrogens with zero attached hydrogens (tertiary/aromatic N) is 1. The summed E-state index contributed by atoms with van der Waals surface area (Å²) in [5, 5.41) is 14.4. The van der Waals surface area contributed by atoms with Crippen molar-refractivity contribution in [1.29, 1.82) is 5.26 Å². The van der Waals surface area contributed by atoms with Crippen molar-refractivity contribution in [1.82, 2.24) is 0 Å². The van der Waals surface area contributed by atoms with Crippen molar-refractivity contribution in [3.8, 4) is 6.07 Å². The number of hydrogen-bond donors (Lipinski definition) is 2. The zero-order chi connectivity index (χ0) is 18.0. The van der Waals surface area contributed by atoms with Crippen LogP contribution >= 0.6 is 15.9 Å². The number of halogens is 1. The van der Waals surface area contributed by atoms with Crippen LogP contribution in [0.4, 0.5) is 11.4 Å².